The number of methoxy groups -OCH3 is 1. The Kier molecular flexibility index (Phi) is 3.17. The van der Waals surface area contributed by atoms with Crippen LogP contribution >= 0.6 is 0 Å². The van der Waals surface area contributed by atoms with Gasteiger partial charge in [0.2, 0.25) is 0 Å². The molecule has 2 aromatic carbocycles. The Labute approximate surface area is 116 Å². The van der Waals surface area contributed by atoms with Crippen LogP contribution in [-0.4, -0.2) is 18.4 Å². The Bertz CT molecular complexity index is 767. The van der Waals surface area contributed by atoms with E-state index in [0.717, 1.165) is 28.5 Å². The maximum atomic E-state index is 11.3. The Morgan fingerprint density at radius 3 is 2.55 bits per heavy atom. The van der Waals surface area contributed by atoms with Gasteiger partial charge < -0.3 is 4.74 Å². The number of aromatic nitrogens is 1. The molecule has 0 aliphatic heterocycles. The molecule has 0 saturated heterocycles. The number of aldehydes is 1. The molecule has 3 heteroatoms. The van der Waals surface area contributed by atoms with Crippen molar-refractivity contribution in [1.29, 1.82) is 0 Å². The quantitative estimate of drug-likeness (QED) is 0.676. The molecule has 1 heterocycles. The Morgan fingerprint density at radius 1 is 1.05 bits per heavy atom. The van der Waals surface area contributed by atoms with Crippen molar-refractivity contribution in [2.75, 3.05) is 7.11 Å². The minimum absolute atomic E-state index is 0.581. The molecule has 0 spiro atoms. The molecule has 0 saturated carbocycles. The van der Waals surface area contributed by atoms with Gasteiger partial charge in [-0.05, 0) is 24.3 Å². The first kappa shape index (κ1) is 12.4. The van der Waals surface area contributed by atoms with Crippen molar-refractivity contribution >= 4 is 17.2 Å². The summed E-state index contributed by atoms with van der Waals surface area (Å²) in [7, 11) is 1.62. The fourth-order valence-corrected chi connectivity index (χ4v) is 2.21. The van der Waals surface area contributed by atoms with Crippen LogP contribution in [0.1, 0.15) is 10.4 Å². The summed E-state index contributed by atoms with van der Waals surface area (Å²) in [4.78, 5) is 15.9. The second-order valence-electron chi connectivity index (χ2n) is 4.47. The van der Waals surface area contributed by atoms with Crippen LogP contribution in [0.25, 0.3) is 22.2 Å². The van der Waals surface area contributed by atoms with Crippen molar-refractivity contribution in [3.05, 3.63) is 60.2 Å². The Balaban J connectivity index is 2.25. The van der Waals surface area contributed by atoms with Gasteiger partial charge in [0.15, 0.2) is 6.29 Å². The van der Waals surface area contributed by atoms with Gasteiger partial charge >= 0.3 is 0 Å². The molecule has 3 rings (SSSR count). The first-order valence-corrected chi connectivity index (χ1v) is 6.31. The van der Waals surface area contributed by atoms with Crippen LogP contribution in [0.3, 0.4) is 0 Å². The number of hydrogen-bond donors (Lipinski definition) is 0. The van der Waals surface area contributed by atoms with Crippen LogP contribution in [-0.2, 0) is 0 Å². The molecule has 0 aliphatic carbocycles. The van der Waals surface area contributed by atoms with Gasteiger partial charge in [-0.1, -0.05) is 30.3 Å². The Morgan fingerprint density at radius 2 is 1.85 bits per heavy atom. The van der Waals surface area contributed by atoms with Gasteiger partial charge in [0.25, 0.3) is 0 Å². The summed E-state index contributed by atoms with van der Waals surface area (Å²) in [6.07, 6.45) is 0.842. The highest BCUT2D eigenvalue weighted by atomic mass is 16.5. The van der Waals surface area contributed by atoms with Crippen LogP contribution < -0.4 is 4.74 Å². The second kappa shape index (κ2) is 5.13. The minimum Gasteiger partial charge on any atom is -0.497 e. The number of rotatable bonds is 3. The van der Waals surface area contributed by atoms with E-state index in [1.165, 1.54) is 0 Å². The normalized spacial score (nSPS) is 10.4. The number of fused-ring (bicyclic) bond motifs is 1. The predicted octanol–water partition coefficient (Wildman–Crippen LogP) is 3.72. The molecule has 1 aromatic heterocycles. The number of benzene rings is 2. The van der Waals surface area contributed by atoms with Crippen molar-refractivity contribution in [3.63, 3.8) is 0 Å². The maximum absolute atomic E-state index is 11.3. The number of carbonyl (C=O) groups is 1. The molecule has 0 bridgehead atoms. The average molecular weight is 263 g/mol. The third-order valence-electron chi connectivity index (χ3n) is 3.23. The molecule has 3 nitrogen and oxygen atoms in total. The maximum Gasteiger partial charge on any atom is 0.152 e. The van der Waals surface area contributed by atoms with Crippen molar-refractivity contribution in [1.82, 2.24) is 4.98 Å². The lowest BCUT2D eigenvalue weighted by Crippen LogP contribution is -1.93. The van der Waals surface area contributed by atoms with E-state index in [9.17, 15) is 4.79 Å². The average Bonchev–Trinajstić information content (AvgIpc) is 2.53. The highest BCUT2D eigenvalue weighted by Crippen LogP contribution is 2.26. The van der Waals surface area contributed by atoms with E-state index in [-0.39, 0.29) is 0 Å². The van der Waals surface area contributed by atoms with Crippen LogP contribution in [0.5, 0.6) is 5.75 Å². The van der Waals surface area contributed by atoms with E-state index >= 15 is 0 Å². The van der Waals surface area contributed by atoms with Crippen LogP contribution in [0.4, 0.5) is 0 Å². The number of nitrogens with zero attached hydrogens (tertiary/aromatic N) is 1. The monoisotopic (exact) mass is 263 g/mol. The zero-order valence-electron chi connectivity index (χ0n) is 11.0. The molecular formula is C17H13NO2. The third-order valence-corrected chi connectivity index (χ3v) is 3.23. The third kappa shape index (κ3) is 2.14. The molecule has 0 fully saturated rings. The lowest BCUT2D eigenvalue weighted by molar-refractivity contribution is 0.112. The molecule has 20 heavy (non-hydrogen) atoms. The summed E-state index contributed by atoms with van der Waals surface area (Å²) in [6.45, 7) is 0. The zero-order valence-corrected chi connectivity index (χ0v) is 11.0. The van der Waals surface area contributed by atoms with E-state index < -0.39 is 0 Å². The van der Waals surface area contributed by atoms with Gasteiger partial charge in [0.05, 0.1) is 18.3 Å². The standard InChI is InChI=1S/C17H13NO2/c1-20-15-7-8-16-13(10-15)9-14(11-19)17(18-16)12-5-3-2-4-6-12/h2-11H,1H3. The molecular weight excluding hydrogens is 250 g/mol. The van der Waals surface area contributed by atoms with Crippen molar-refractivity contribution in [2.24, 2.45) is 0 Å². The molecule has 3 aromatic rings. The number of pyridine rings is 1. The van der Waals surface area contributed by atoms with Gasteiger partial charge in [0.1, 0.15) is 5.75 Å². The van der Waals surface area contributed by atoms with E-state index in [2.05, 4.69) is 4.98 Å². The lowest BCUT2D eigenvalue weighted by Gasteiger charge is -2.08. The summed E-state index contributed by atoms with van der Waals surface area (Å²) in [5.74, 6) is 0.753. The Hall–Kier alpha value is -2.68. The van der Waals surface area contributed by atoms with E-state index in [4.69, 9.17) is 4.74 Å². The molecule has 0 N–H and O–H groups in total. The molecule has 0 amide bonds. The van der Waals surface area contributed by atoms with Gasteiger partial charge in [-0.2, -0.15) is 0 Å². The van der Waals surface area contributed by atoms with Crippen LogP contribution in [0.2, 0.25) is 0 Å². The van der Waals surface area contributed by atoms with E-state index in [1.54, 1.807) is 7.11 Å². The van der Waals surface area contributed by atoms with Crippen LogP contribution in [0.15, 0.2) is 54.6 Å². The lowest BCUT2D eigenvalue weighted by atomic mass is 10.0. The molecule has 0 unspecified atom stereocenters. The summed E-state index contributed by atoms with van der Waals surface area (Å²) in [5, 5.41) is 0.895. The number of carbonyl (C=O) groups excluding carboxylic acids is 1. The summed E-state index contributed by atoms with van der Waals surface area (Å²) < 4.78 is 5.19. The molecule has 0 atom stereocenters. The summed E-state index contributed by atoms with van der Waals surface area (Å²) in [6, 6.07) is 17.2. The summed E-state index contributed by atoms with van der Waals surface area (Å²) >= 11 is 0. The molecule has 0 aliphatic rings. The smallest absolute Gasteiger partial charge is 0.152 e. The fourth-order valence-electron chi connectivity index (χ4n) is 2.21. The van der Waals surface area contributed by atoms with Gasteiger partial charge in [0, 0.05) is 16.5 Å². The second-order valence-corrected chi connectivity index (χ2v) is 4.47. The fraction of sp³-hybridized carbons (Fsp3) is 0.0588. The molecule has 98 valence electrons. The van der Waals surface area contributed by atoms with Crippen molar-refractivity contribution in [3.8, 4) is 17.0 Å². The zero-order chi connectivity index (χ0) is 13.9. The highest BCUT2D eigenvalue weighted by molar-refractivity contribution is 5.93. The largest absolute Gasteiger partial charge is 0.497 e. The van der Waals surface area contributed by atoms with E-state index in [1.807, 2.05) is 54.6 Å². The van der Waals surface area contributed by atoms with Crippen LogP contribution in [0, 0.1) is 0 Å². The summed E-state index contributed by atoms with van der Waals surface area (Å²) in [5.41, 5.74) is 3.07. The first-order chi connectivity index (χ1) is 9.81. The predicted molar refractivity (Wildman–Crippen MR) is 79.1 cm³/mol. The minimum atomic E-state index is 0.581. The van der Waals surface area contributed by atoms with Gasteiger partial charge in [-0.3, -0.25) is 4.79 Å². The number of hydrogen-bond acceptors (Lipinski definition) is 3. The first-order valence-electron chi connectivity index (χ1n) is 6.31. The van der Waals surface area contributed by atoms with Gasteiger partial charge in [-0.25, -0.2) is 4.98 Å². The van der Waals surface area contributed by atoms with Crippen molar-refractivity contribution < 1.29 is 9.53 Å². The number of ether oxygens (including phenoxy) is 1. The van der Waals surface area contributed by atoms with Gasteiger partial charge in [-0.15, -0.1) is 0 Å². The topological polar surface area (TPSA) is 39.2 Å². The van der Waals surface area contributed by atoms with Crippen molar-refractivity contribution in [2.45, 2.75) is 0 Å². The van der Waals surface area contributed by atoms with E-state index in [0.29, 0.717) is 11.3 Å². The SMILES string of the molecule is COc1ccc2nc(-c3ccccc3)c(C=O)cc2c1. The highest BCUT2D eigenvalue weighted by Gasteiger charge is 2.09. The molecule has 0 radical (unpaired) electrons.